The summed E-state index contributed by atoms with van der Waals surface area (Å²) in [7, 11) is 0. The van der Waals surface area contributed by atoms with Crippen LogP contribution in [-0.4, -0.2) is 14.8 Å². The minimum Gasteiger partial charge on any atom is -0.274 e. The monoisotopic (exact) mass is 385 g/mol. The summed E-state index contributed by atoms with van der Waals surface area (Å²) >= 11 is 0.825. The van der Waals surface area contributed by atoms with Crippen molar-refractivity contribution in [3.05, 3.63) is 70.3 Å². The molecule has 0 aliphatic rings. The third-order valence-corrected chi connectivity index (χ3v) is 4.69. The molecule has 26 heavy (non-hydrogen) atoms. The van der Waals surface area contributed by atoms with Crippen molar-refractivity contribution in [3.63, 3.8) is 0 Å². The van der Waals surface area contributed by atoms with Crippen molar-refractivity contribution in [2.75, 3.05) is 0 Å². The zero-order valence-corrected chi connectivity index (χ0v) is 14.5. The van der Waals surface area contributed by atoms with Crippen molar-refractivity contribution in [2.24, 2.45) is 0 Å². The number of halogens is 5. The lowest BCUT2D eigenvalue weighted by Gasteiger charge is -2.10. The topological polar surface area (TPSA) is 30.7 Å². The summed E-state index contributed by atoms with van der Waals surface area (Å²) < 4.78 is 69.0. The minimum absolute atomic E-state index is 0.273. The Balaban J connectivity index is 1.94. The molecule has 0 saturated heterocycles. The third kappa shape index (κ3) is 3.18. The van der Waals surface area contributed by atoms with E-state index in [2.05, 4.69) is 10.2 Å². The molecule has 0 bridgehead atoms. The maximum absolute atomic E-state index is 13.8. The van der Waals surface area contributed by atoms with Crippen molar-refractivity contribution >= 4 is 11.8 Å². The van der Waals surface area contributed by atoms with Crippen LogP contribution in [-0.2, 0) is 5.75 Å². The van der Waals surface area contributed by atoms with Gasteiger partial charge in [-0.2, -0.15) is 0 Å². The zero-order valence-electron chi connectivity index (χ0n) is 13.7. The molecule has 0 saturated carbocycles. The van der Waals surface area contributed by atoms with Crippen molar-refractivity contribution in [3.8, 4) is 5.69 Å². The number of hydrogen-bond donors (Lipinski definition) is 0. The van der Waals surface area contributed by atoms with Crippen LogP contribution in [0.5, 0.6) is 0 Å². The number of aryl methyl sites for hydroxylation is 2. The number of rotatable bonds is 4. The van der Waals surface area contributed by atoms with E-state index in [4.69, 9.17) is 0 Å². The predicted octanol–water partition coefficient (Wildman–Crippen LogP) is 4.87. The molecule has 0 spiro atoms. The molecule has 0 N–H and O–H groups in total. The second-order valence-electron chi connectivity index (χ2n) is 5.54. The Morgan fingerprint density at radius 3 is 1.92 bits per heavy atom. The fourth-order valence-corrected chi connectivity index (χ4v) is 3.33. The predicted molar refractivity (Wildman–Crippen MR) is 86.6 cm³/mol. The highest BCUT2D eigenvalue weighted by molar-refractivity contribution is 7.98. The molecule has 1 heterocycles. The summed E-state index contributed by atoms with van der Waals surface area (Å²) in [5.74, 6) is -9.75. The number of thioether (sulfide) groups is 1. The number of aromatic nitrogens is 3. The maximum Gasteiger partial charge on any atom is 0.200 e. The first-order chi connectivity index (χ1) is 12.3. The average molecular weight is 385 g/mol. The van der Waals surface area contributed by atoms with Gasteiger partial charge >= 0.3 is 0 Å². The Kier molecular flexibility index (Phi) is 4.99. The van der Waals surface area contributed by atoms with Crippen LogP contribution < -0.4 is 0 Å². The lowest BCUT2D eigenvalue weighted by molar-refractivity contribution is 0.372. The van der Waals surface area contributed by atoms with Gasteiger partial charge in [-0.05, 0) is 26.0 Å². The van der Waals surface area contributed by atoms with Crippen LogP contribution in [0.4, 0.5) is 22.0 Å². The van der Waals surface area contributed by atoms with E-state index in [1.165, 1.54) is 0 Å². The highest BCUT2D eigenvalue weighted by Crippen LogP contribution is 2.30. The first-order valence-electron chi connectivity index (χ1n) is 7.43. The molecule has 3 nitrogen and oxygen atoms in total. The Bertz CT molecular complexity index is 941. The van der Waals surface area contributed by atoms with Gasteiger partial charge in [-0.25, -0.2) is 22.0 Å². The summed E-state index contributed by atoms with van der Waals surface area (Å²) in [5.41, 5.74) is 0.857. The van der Waals surface area contributed by atoms with Crippen molar-refractivity contribution in [1.82, 2.24) is 14.8 Å². The van der Waals surface area contributed by atoms with Crippen LogP contribution in [0.15, 0.2) is 29.4 Å². The van der Waals surface area contributed by atoms with E-state index in [1.807, 2.05) is 31.2 Å². The summed E-state index contributed by atoms with van der Waals surface area (Å²) in [6.45, 7) is 3.61. The number of hydrogen-bond acceptors (Lipinski definition) is 3. The molecule has 0 radical (unpaired) electrons. The van der Waals surface area contributed by atoms with Gasteiger partial charge < -0.3 is 0 Å². The highest BCUT2D eigenvalue weighted by Gasteiger charge is 2.26. The van der Waals surface area contributed by atoms with Gasteiger partial charge in [-0.1, -0.05) is 29.5 Å². The van der Waals surface area contributed by atoms with E-state index in [-0.39, 0.29) is 5.16 Å². The van der Waals surface area contributed by atoms with Crippen LogP contribution in [0.1, 0.15) is 17.0 Å². The van der Waals surface area contributed by atoms with E-state index < -0.39 is 40.4 Å². The number of benzene rings is 2. The molecule has 0 unspecified atom stereocenters. The molecular weight excluding hydrogens is 373 g/mol. The van der Waals surface area contributed by atoms with Gasteiger partial charge in [0.1, 0.15) is 5.82 Å². The van der Waals surface area contributed by atoms with Gasteiger partial charge in [0.2, 0.25) is 5.82 Å². The van der Waals surface area contributed by atoms with Crippen LogP contribution in [0.2, 0.25) is 0 Å². The van der Waals surface area contributed by atoms with Crippen LogP contribution >= 0.6 is 11.8 Å². The van der Waals surface area contributed by atoms with E-state index in [1.54, 1.807) is 11.5 Å². The lowest BCUT2D eigenvalue weighted by Crippen LogP contribution is -2.06. The molecule has 3 rings (SSSR count). The molecule has 2 aromatic carbocycles. The van der Waals surface area contributed by atoms with E-state index in [0.717, 1.165) is 23.0 Å². The van der Waals surface area contributed by atoms with Gasteiger partial charge in [0.25, 0.3) is 0 Å². The maximum atomic E-state index is 13.8. The van der Waals surface area contributed by atoms with Crippen molar-refractivity contribution in [1.29, 1.82) is 0 Å². The van der Waals surface area contributed by atoms with Gasteiger partial charge in [0.05, 0.1) is 0 Å². The summed E-state index contributed by atoms with van der Waals surface area (Å²) in [4.78, 5) is 0. The summed E-state index contributed by atoms with van der Waals surface area (Å²) in [5, 5.41) is 8.11. The minimum atomic E-state index is -2.17. The first kappa shape index (κ1) is 18.4. The van der Waals surface area contributed by atoms with E-state index >= 15 is 0 Å². The second-order valence-corrected chi connectivity index (χ2v) is 6.48. The summed E-state index contributed by atoms with van der Waals surface area (Å²) in [6.07, 6.45) is 0. The van der Waals surface area contributed by atoms with Crippen LogP contribution in [0.25, 0.3) is 5.69 Å². The molecule has 0 aliphatic carbocycles. The normalized spacial score (nSPS) is 11.2. The molecule has 0 aliphatic heterocycles. The molecule has 136 valence electrons. The molecule has 1 aromatic heterocycles. The standard InChI is InChI=1S/C17H12F5N3S/c1-8-3-5-10(6-4-8)25-9(2)23-24-17(25)26-7-11-12(18)14(20)16(22)15(21)13(11)19/h3-6H,7H2,1-2H3. The van der Waals surface area contributed by atoms with Crippen LogP contribution in [0.3, 0.4) is 0 Å². The number of nitrogens with zero attached hydrogens (tertiary/aromatic N) is 3. The quantitative estimate of drug-likeness (QED) is 0.278. The van der Waals surface area contributed by atoms with E-state index in [0.29, 0.717) is 5.82 Å². The Morgan fingerprint density at radius 1 is 0.808 bits per heavy atom. The van der Waals surface area contributed by atoms with Gasteiger partial charge in [0, 0.05) is 17.0 Å². The Labute approximate surface area is 149 Å². The Hall–Kier alpha value is -2.42. The zero-order chi connectivity index (χ0) is 19.0. The fraction of sp³-hybridized carbons (Fsp3) is 0.176. The SMILES string of the molecule is Cc1ccc(-n2c(C)nnc2SCc2c(F)c(F)c(F)c(F)c2F)cc1. The lowest BCUT2D eigenvalue weighted by atomic mass is 10.2. The average Bonchev–Trinajstić information content (AvgIpc) is 2.99. The molecule has 3 aromatic rings. The molecular formula is C17H12F5N3S. The van der Waals surface area contributed by atoms with Crippen molar-refractivity contribution in [2.45, 2.75) is 24.8 Å². The summed E-state index contributed by atoms with van der Waals surface area (Å²) in [6, 6.07) is 7.36. The fourth-order valence-electron chi connectivity index (χ4n) is 2.34. The van der Waals surface area contributed by atoms with Gasteiger partial charge in [-0.15, -0.1) is 10.2 Å². The van der Waals surface area contributed by atoms with Gasteiger partial charge in [0.15, 0.2) is 28.4 Å². The molecule has 9 heteroatoms. The second kappa shape index (κ2) is 7.06. The highest BCUT2D eigenvalue weighted by atomic mass is 32.2. The smallest absolute Gasteiger partial charge is 0.200 e. The molecule has 0 amide bonds. The largest absolute Gasteiger partial charge is 0.274 e. The molecule has 0 atom stereocenters. The first-order valence-corrected chi connectivity index (χ1v) is 8.42. The van der Waals surface area contributed by atoms with Crippen LogP contribution in [0, 0.1) is 42.9 Å². The molecule has 0 fully saturated rings. The van der Waals surface area contributed by atoms with Gasteiger partial charge in [-0.3, -0.25) is 4.57 Å². The van der Waals surface area contributed by atoms with Crippen molar-refractivity contribution < 1.29 is 22.0 Å². The third-order valence-electron chi connectivity index (χ3n) is 3.73. The Morgan fingerprint density at radius 2 is 1.35 bits per heavy atom. The van der Waals surface area contributed by atoms with E-state index in [9.17, 15) is 22.0 Å².